The predicted octanol–water partition coefficient (Wildman–Crippen LogP) is 10.2. The van der Waals surface area contributed by atoms with Crippen molar-refractivity contribution >= 4 is 0 Å². The molecule has 1 saturated heterocycles. The molecule has 0 aromatic heterocycles. The van der Waals surface area contributed by atoms with E-state index >= 15 is 8.78 Å². The van der Waals surface area contributed by atoms with Crippen LogP contribution in [0.15, 0.2) is 12.1 Å². The average molecular weight is 545 g/mol. The van der Waals surface area contributed by atoms with Gasteiger partial charge in [-0.05, 0) is 72.6 Å². The van der Waals surface area contributed by atoms with Crippen molar-refractivity contribution in [2.45, 2.75) is 122 Å². The van der Waals surface area contributed by atoms with E-state index in [4.69, 9.17) is 4.74 Å². The van der Waals surface area contributed by atoms with Gasteiger partial charge < -0.3 is 4.74 Å². The number of rotatable bonds is 10. The number of unbranched alkanes of at least 4 members (excludes halogenated alkanes) is 2. The molecule has 214 valence electrons. The first-order valence-electron chi connectivity index (χ1n) is 15.5. The first-order valence-corrected chi connectivity index (χ1v) is 15.5. The van der Waals surface area contributed by atoms with Gasteiger partial charge >= 0.3 is 0 Å². The molecule has 2 unspecified atom stereocenters. The Labute approximate surface area is 231 Å². The summed E-state index contributed by atoms with van der Waals surface area (Å²) >= 11 is 0. The minimum Gasteiger partial charge on any atom is -0.378 e. The van der Waals surface area contributed by atoms with Gasteiger partial charge in [-0.25, -0.2) is 17.6 Å². The van der Waals surface area contributed by atoms with Gasteiger partial charge in [0, 0.05) is 17.0 Å². The number of benzene rings is 2. The number of halogens is 4. The van der Waals surface area contributed by atoms with Crippen molar-refractivity contribution in [2.75, 3.05) is 6.61 Å². The smallest absolute Gasteiger partial charge is 0.167 e. The molecule has 5 rings (SSSR count). The summed E-state index contributed by atoms with van der Waals surface area (Å²) in [6.07, 6.45) is 16.2. The summed E-state index contributed by atoms with van der Waals surface area (Å²) in [5.41, 5.74) is 1.47. The van der Waals surface area contributed by atoms with Gasteiger partial charge in [-0.1, -0.05) is 83.8 Å². The van der Waals surface area contributed by atoms with Crippen LogP contribution in [0.3, 0.4) is 0 Å². The molecular weight excluding hydrogens is 500 g/mol. The molecule has 2 atom stereocenters. The van der Waals surface area contributed by atoms with Crippen molar-refractivity contribution in [1.29, 1.82) is 0 Å². The number of hydrogen-bond donors (Lipinski definition) is 0. The molecule has 2 aromatic rings. The minimum atomic E-state index is -1.06. The van der Waals surface area contributed by atoms with Crippen LogP contribution in [0, 0.1) is 35.1 Å². The van der Waals surface area contributed by atoms with Gasteiger partial charge in [0.15, 0.2) is 23.3 Å². The van der Waals surface area contributed by atoms with Crippen LogP contribution in [0.2, 0.25) is 0 Å². The SMILES string of the molecule is CCCCCC1CCC(CCC2CCC(c3cc4c(c(F)c3F)-c3c(cc(CCC)c(F)c3F)C4)CO2)CC1. The molecule has 0 spiro atoms. The Hall–Kier alpha value is -1.88. The van der Waals surface area contributed by atoms with Gasteiger partial charge in [-0.15, -0.1) is 0 Å². The molecule has 2 fully saturated rings. The molecule has 0 bridgehead atoms. The highest BCUT2D eigenvalue weighted by molar-refractivity contribution is 5.79. The molecule has 0 amide bonds. The number of aryl methyl sites for hydroxylation is 1. The summed E-state index contributed by atoms with van der Waals surface area (Å²) in [5.74, 6) is -2.52. The lowest BCUT2D eigenvalue weighted by molar-refractivity contribution is -0.00596. The first kappa shape index (κ1) is 28.6. The van der Waals surface area contributed by atoms with E-state index in [1.807, 2.05) is 6.92 Å². The molecule has 1 saturated carbocycles. The molecule has 5 heteroatoms. The Morgan fingerprint density at radius 2 is 1.36 bits per heavy atom. The molecule has 3 aliphatic rings. The van der Waals surface area contributed by atoms with Crippen LogP contribution in [-0.4, -0.2) is 12.7 Å². The van der Waals surface area contributed by atoms with Gasteiger partial charge in [0.1, 0.15) is 0 Å². The van der Waals surface area contributed by atoms with E-state index in [0.717, 1.165) is 31.1 Å². The normalized spacial score (nSPS) is 24.6. The Bertz CT molecular complexity index is 1140. The van der Waals surface area contributed by atoms with Crippen molar-refractivity contribution in [1.82, 2.24) is 0 Å². The van der Waals surface area contributed by atoms with Gasteiger partial charge in [-0.3, -0.25) is 0 Å². The summed E-state index contributed by atoms with van der Waals surface area (Å²) in [7, 11) is 0. The lowest BCUT2D eigenvalue weighted by Gasteiger charge is -2.32. The summed E-state index contributed by atoms with van der Waals surface area (Å²) in [6, 6.07) is 3.30. The lowest BCUT2D eigenvalue weighted by Crippen LogP contribution is -2.26. The van der Waals surface area contributed by atoms with Crippen LogP contribution in [0.4, 0.5) is 17.6 Å². The maximum atomic E-state index is 15.4. The van der Waals surface area contributed by atoms with Crippen LogP contribution in [-0.2, 0) is 17.6 Å². The maximum Gasteiger partial charge on any atom is 0.167 e. The fourth-order valence-electron chi connectivity index (χ4n) is 7.40. The highest BCUT2D eigenvalue weighted by Gasteiger charge is 2.34. The number of fused-ring (bicyclic) bond motifs is 3. The van der Waals surface area contributed by atoms with Gasteiger partial charge in [0.2, 0.25) is 0 Å². The predicted molar refractivity (Wildman–Crippen MR) is 149 cm³/mol. The molecule has 1 nitrogen and oxygen atoms in total. The number of ether oxygens (including phenoxy) is 1. The fraction of sp³-hybridized carbons (Fsp3) is 0.647. The second-order valence-electron chi connectivity index (χ2n) is 12.4. The molecule has 39 heavy (non-hydrogen) atoms. The molecule has 2 aliphatic carbocycles. The van der Waals surface area contributed by atoms with Gasteiger partial charge in [-0.2, -0.15) is 0 Å². The van der Waals surface area contributed by atoms with Crippen molar-refractivity contribution in [2.24, 2.45) is 11.8 Å². The fourth-order valence-corrected chi connectivity index (χ4v) is 7.40. The largest absolute Gasteiger partial charge is 0.378 e. The summed E-state index contributed by atoms with van der Waals surface area (Å²) < 4.78 is 66.5. The van der Waals surface area contributed by atoms with E-state index in [1.54, 1.807) is 12.1 Å². The van der Waals surface area contributed by atoms with E-state index in [1.165, 1.54) is 57.8 Å². The zero-order chi connectivity index (χ0) is 27.5. The highest BCUT2D eigenvalue weighted by Crippen LogP contribution is 2.45. The van der Waals surface area contributed by atoms with E-state index in [0.29, 0.717) is 48.1 Å². The van der Waals surface area contributed by atoms with Crippen molar-refractivity contribution < 1.29 is 22.3 Å². The molecule has 1 heterocycles. The van der Waals surface area contributed by atoms with Crippen LogP contribution < -0.4 is 0 Å². The van der Waals surface area contributed by atoms with E-state index in [2.05, 4.69) is 6.92 Å². The third-order valence-corrected chi connectivity index (χ3v) is 9.72. The highest BCUT2D eigenvalue weighted by atomic mass is 19.2. The summed E-state index contributed by atoms with van der Waals surface area (Å²) in [4.78, 5) is 0. The standard InChI is InChI=1S/C34H44F4O/c1-3-5-6-8-21-9-11-22(12-10-21)13-15-27-16-14-24(20-39-27)28-19-26-18-25-17-23(7-4-2)31(35)33(37)29(25)30(26)34(38)32(28)36/h17,19,21-22,24,27H,3-16,18,20H2,1-2H3. The summed E-state index contributed by atoms with van der Waals surface area (Å²) in [5, 5.41) is 0. The molecule has 2 aromatic carbocycles. The summed E-state index contributed by atoms with van der Waals surface area (Å²) in [6.45, 7) is 4.54. The third kappa shape index (κ3) is 6.09. The number of hydrogen-bond acceptors (Lipinski definition) is 1. The van der Waals surface area contributed by atoms with Crippen LogP contribution in [0.5, 0.6) is 0 Å². The van der Waals surface area contributed by atoms with Crippen molar-refractivity contribution in [3.63, 3.8) is 0 Å². The van der Waals surface area contributed by atoms with E-state index in [9.17, 15) is 8.78 Å². The molecule has 0 radical (unpaired) electrons. The maximum absolute atomic E-state index is 15.4. The monoisotopic (exact) mass is 544 g/mol. The van der Waals surface area contributed by atoms with Gasteiger partial charge in [0.25, 0.3) is 0 Å². The van der Waals surface area contributed by atoms with Crippen molar-refractivity contribution in [3.05, 3.63) is 57.7 Å². The Morgan fingerprint density at radius 1 is 0.692 bits per heavy atom. The molecular formula is C34H44F4O. The second kappa shape index (κ2) is 12.7. The second-order valence-corrected chi connectivity index (χ2v) is 12.4. The Balaban J connectivity index is 1.18. The van der Waals surface area contributed by atoms with Gasteiger partial charge in [0.05, 0.1) is 12.7 Å². The van der Waals surface area contributed by atoms with Crippen LogP contribution >= 0.6 is 0 Å². The van der Waals surface area contributed by atoms with E-state index < -0.39 is 23.3 Å². The van der Waals surface area contributed by atoms with E-state index in [-0.39, 0.29) is 23.1 Å². The van der Waals surface area contributed by atoms with Crippen molar-refractivity contribution in [3.8, 4) is 11.1 Å². The zero-order valence-electron chi connectivity index (χ0n) is 23.7. The topological polar surface area (TPSA) is 9.23 Å². The average Bonchev–Trinajstić information content (AvgIpc) is 3.32. The first-order chi connectivity index (χ1) is 18.9. The molecule has 0 N–H and O–H groups in total. The zero-order valence-corrected chi connectivity index (χ0v) is 23.7. The quantitative estimate of drug-likeness (QED) is 0.182. The lowest BCUT2D eigenvalue weighted by atomic mass is 9.77. The Kier molecular flexibility index (Phi) is 9.36. The Morgan fingerprint density at radius 3 is 2.00 bits per heavy atom. The molecule has 1 aliphatic heterocycles. The third-order valence-electron chi connectivity index (χ3n) is 9.72. The van der Waals surface area contributed by atoms with Crippen LogP contribution in [0.25, 0.3) is 11.1 Å². The van der Waals surface area contributed by atoms with Crippen LogP contribution in [0.1, 0.15) is 125 Å². The minimum absolute atomic E-state index is 0.111.